The summed E-state index contributed by atoms with van der Waals surface area (Å²) < 4.78 is 65.8. The molecule has 0 radical (unpaired) electrons. The van der Waals surface area contributed by atoms with Gasteiger partial charge in [-0.1, -0.05) is 27.7 Å². The van der Waals surface area contributed by atoms with Crippen molar-refractivity contribution in [2.24, 2.45) is 52.3 Å². The zero-order valence-electron chi connectivity index (χ0n) is 49.3. The van der Waals surface area contributed by atoms with Gasteiger partial charge in [-0.3, -0.25) is 0 Å². The maximum Gasteiger partial charge on any atom is 0.187 e. The molecule has 38 atom stereocenters. The quantitative estimate of drug-likeness (QED) is 0.0534. The van der Waals surface area contributed by atoms with Gasteiger partial charge in [0.1, 0.15) is 122 Å². The van der Waals surface area contributed by atoms with Crippen molar-refractivity contribution in [2.45, 2.75) is 263 Å². The second-order valence-corrected chi connectivity index (χ2v) is 27.2. The summed E-state index contributed by atoms with van der Waals surface area (Å²) in [5.74, 6) is -1.33. The van der Waals surface area contributed by atoms with E-state index in [0.29, 0.717) is 38.5 Å². The van der Waals surface area contributed by atoms with E-state index in [1.54, 1.807) is 0 Å². The summed E-state index contributed by atoms with van der Waals surface area (Å²) in [6.45, 7) is 4.43. The van der Waals surface area contributed by atoms with Crippen molar-refractivity contribution in [3.05, 3.63) is 0 Å². The van der Waals surface area contributed by atoms with Crippen molar-refractivity contribution in [3.63, 3.8) is 0 Å². The Morgan fingerprint density at radius 3 is 1.51 bits per heavy atom. The first-order chi connectivity index (χ1) is 41.2. The molecule has 30 nitrogen and oxygen atoms in total. The maximum atomic E-state index is 12.2. The highest BCUT2D eigenvalue weighted by atomic mass is 16.8. The summed E-state index contributed by atoms with van der Waals surface area (Å²) in [6.07, 6.45) is -40.2. The Kier molecular flexibility index (Phi) is 21.5. The monoisotopic (exact) mass is 1260 g/mol. The molecule has 0 amide bonds. The fraction of sp³-hybridized carbons (Fsp3) is 1.00. The SMILES string of the molecule is C[C@H](CC[C@@]1(O)OC2CC3C4C[C@@H](O)[C@H]5C[C@@H](O[C@@H]6O[C@H](CO)[C@H](O[C@@H]7O[C@H](CO)[C@@H](O)[C@H](O[C@@H]8O[C@H](CO)[C@@H](O)[C@H](O)[C@H]8O)[C@H]7O[C@@H]7O[C@H](CO)[C@@H](O)[C@H](O)[C@H]7O)[C@H](O)[C@H]6O)CC[C@]5(C)C4CC[C@]3(C)C2[C@@H]1C)CO[C@@H]1O[C@H](CO)[C@@H](O)[C@H](O)[C@H]1O. The molecule has 87 heavy (non-hydrogen) atoms. The molecular weight excluding hydrogens is 1160 g/mol. The number of rotatable bonds is 19. The van der Waals surface area contributed by atoms with Crippen LogP contribution in [0.25, 0.3) is 0 Å². The van der Waals surface area contributed by atoms with Gasteiger partial charge >= 0.3 is 0 Å². The van der Waals surface area contributed by atoms with Crippen molar-refractivity contribution in [3.8, 4) is 0 Å². The predicted molar refractivity (Wildman–Crippen MR) is 286 cm³/mol. The van der Waals surface area contributed by atoms with E-state index in [2.05, 4.69) is 13.8 Å². The fourth-order valence-corrected chi connectivity index (χ4v) is 17.2. The second kappa shape index (κ2) is 27.3. The minimum atomic E-state index is -2.08. The molecule has 19 N–H and O–H groups in total. The third-order valence-corrected chi connectivity index (χ3v) is 22.2. The van der Waals surface area contributed by atoms with Crippen LogP contribution >= 0.6 is 0 Å². The number of aliphatic hydroxyl groups excluding tert-OH is 18. The van der Waals surface area contributed by atoms with Gasteiger partial charge in [-0.25, -0.2) is 0 Å². The van der Waals surface area contributed by atoms with Crippen molar-refractivity contribution in [1.82, 2.24) is 0 Å². The van der Waals surface area contributed by atoms with E-state index in [1.807, 2.05) is 13.8 Å². The zero-order chi connectivity index (χ0) is 63.1. The molecule has 0 aromatic carbocycles. The van der Waals surface area contributed by atoms with Crippen molar-refractivity contribution in [2.75, 3.05) is 39.6 Å². The molecule has 6 saturated heterocycles. The minimum absolute atomic E-state index is 0.0498. The van der Waals surface area contributed by atoms with Gasteiger partial charge in [0.05, 0.1) is 58.0 Å². The number of hydrogen-bond donors (Lipinski definition) is 19. The molecule has 504 valence electrons. The van der Waals surface area contributed by atoms with Gasteiger partial charge < -0.3 is 149 Å². The lowest BCUT2D eigenvalue weighted by molar-refractivity contribution is -0.406. The van der Waals surface area contributed by atoms with Gasteiger partial charge in [-0.15, -0.1) is 0 Å². The first-order valence-corrected chi connectivity index (χ1v) is 31.0. The Hall–Kier alpha value is -1.20. The highest BCUT2D eigenvalue weighted by Crippen LogP contribution is 2.71. The molecule has 4 saturated carbocycles. The fourth-order valence-electron chi connectivity index (χ4n) is 17.2. The van der Waals surface area contributed by atoms with Gasteiger partial charge in [0.25, 0.3) is 0 Å². The Morgan fingerprint density at radius 1 is 0.460 bits per heavy atom. The first kappa shape index (κ1) is 68.7. The number of ether oxygens (including phenoxy) is 11. The van der Waals surface area contributed by atoms with Gasteiger partial charge in [-0.2, -0.15) is 0 Å². The molecule has 10 rings (SSSR count). The summed E-state index contributed by atoms with van der Waals surface area (Å²) in [5, 5.41) is 205. The highest BCUT2D eigenvalue weighted by molar-refractivity contribution is 5.16. The van der Waals surface area contributed by atoms with Gasteiger partial charge in [-0.05, 0) is 97.7 Å². The van der Waals surface area contributed by atoms with Gasteiger partial charge in [0.15, 0.2) is 37.2 Å². The average Bonchev–Trinajstić information content (AvgIpc) is 1.60. The van der Waals surface area contributed by atoms with Crippen LogP contribution in [0.4, 0.5) is 0 Å². The molecule has 5 unspecified atom stereocenters. The Bertz CT molecular complexity index is 2220. The van der Waals surface area contributed by atoms with Crippen LogP contribution < -0.4 is 0 Å². The van der Waals surface area contributed by atoms with Gasteiger partial charge in [0.2, 0.25) is 0 Å². The standard InChI is InChI=1S/C57H96O30/c1-20(19-77-50-43(72)39(68)35(64)29(14-58)79-50)5-10-57(76)21(2)34-28(87-57)13-25-23-12-27(63)26-11-22(6-8-55(26,3)24(23)7-9-56(25,34)4)78-51-46(75)42(71)47(33(18-62)83-51)84-54-49(86-53-45(74)41(70)37(66)31(16-60)81-53)48(38(67)32(17-61)82-54)85-52-44(73)40(69)36(65)30(15-59)80-52/h20-54,58-76H,5-19H2,1-4H3/t20-,21+,22+,23?,24?,25?,26-,27-,28?,29-,30-,31-,32-,33-,34?,35-,36-,37-,38-,39+,40+,41+,42-,43-,44-,45-,46-,47+,48+,49-,50-,51-,52+,53+,54+,55-,56+,57-/m1/s1. The third-order valence-electron chi connectivity index (χ3n) is 22.2. The molecule has 6 heterocycles. The second-order valence-electron chi connectivity index (χ2n) is 27.2. The van der Waals surface area contributed by atoms with Crippen molar-refractivity contribution in [1.29, 1.82) is 0 Å². The Balaban J connectivity index is 0.777. The smallest absolute Gasteiger partial charge is 0.187 e. The van der Waals surface area contributed by atoms with Crippen molar-refractivity contribution < 1.29 is 149 Å². The molecule has 0 spiro atoms. The summed E-state index contributed by atoms with van der Waals surface area (Å²) in [5.41, 5.74) is -0.511. The van der Waals surface area contributed by atoms with Crippen LogP contribution in [-0.2, 0) is 52.1 Å². The van der Waals surface area contributed by atoms with Gasteiger partial charge in [0, 0.05) is 12.3 Å². The summed E-state index contributed by atoms with van der Waals surface area (Å²) in [4.78, 5) is 0. The molecule has 30 heteroatoms. The predicted octanol–water partition coefficient (Wildman–Crippen LogP) is -7.16. The lowest BCUT2D eigenvalue weighted by atomic mass is 9.43. The lowest BCUT2D eigenvalue weighted by Gasteiger charge is -2.62. The number of hydrogen-bond acceptors (Lipinski definition) is 30. The molecule has 4 aliphatic carbocycles. The van der Waals surface area contributed by atoms with Crippen LogP contribution in [0.5, 0.6) is 0 Å². The Morgan fingerprint density at radius 2 is 0.931 bits per heavy atom. The maximum absolute atomic E-state index is 12.2. The van der Waals surface area contributed by atoms with Crippen LogP contribution in [0.3, 0.4) is 0 Å². The van der Waals surface area contributed by atoms with Crippen molar-refractivity contribution >= 4 is 0 Å². The average molecular weight is 1260 g/mol. The summed E-state index contributed by atoms with van der Waals surface area (Å²) >= 11 is 0. The third kappa shape index (κ3) is 12.6. The number of aliphatic hydroxyl groups is 19. The normalized spacial score (nSPS) is 55.6. The Labute approximate surface area is 502 Å². The summed E-state index contributed by atoms with van der Waals surface area (Å²) in [6, 6.07) is 0. The molecule has 10 fully saturated rings. The van der Waals surface area contributed by atoms with Crippen LogP contribution in [0.1, 0.15) is 85.5 Å². The van der Waals surface area contributed by atoms with E-state index in [9.17, 15) is 97.0 Å². The molecule has 0 aromatic heterocycles. The lowest BCUT2D eigenvalue weighted by Crippen LogP contribution is -2.68. The molecule has 6 aliphatic heterocycles. The topological polar surface area (TPSA) is 486 Å². The van der Waals surface area contributed by atoms with E-state index < -0.39 is 205 Å². The van der Waals surface area contributed by atoms with Crippen LogP contribution in [-0.4, -0.2) is 314 Å². The summed E-state index contributed by atoms with van der Waals surface area (Å²) in [7, 11) is 0. The molecule has 0 bridgehead atoms. The van der Waals surface area contributed by atoms with E-state index >= 15 is 0 Å². The first-order valence-electron chi connectivity index (χ1n) is 31.0. The zero-order valence-corrected chi connectivity index (χ0v) is 49.3. The minimum Gasteiger partial charge on any atom is -0.394 e. The van der Waals surface area contributed by atoms with E-state index in [1.165, 1.54) is 0 Å². The largest absolute Gasteiger partial charge is 0.394 e. The molecule has 10 aliphatic rings. The molecular formula is C57H96O30. The van der Waals surface area contributed by atoms with Crippen LogP contribution in [0.15, 0.2) is 0 Å². The van der Waals surface area contributed by atoms with Crippen LogP contribution in [0.2, 0.25) is 0 Å². The number of fused-ring (bicyclic) bond motifs is 7. The van der Waals surface area contributed by atoms with E-state index in [4.69, 9.17) is 52.1 Å². The van der Waals surface area contributed by atoms with E-state index in [0.717, 1.165) is 19.3 Å². The van der Waals surface area contributed by atoms with Crippen LogP contribution in [0, 0.1) is 52.3 Å². The molecule has 0 aromatic rings. The highest BCUT2D eigenvalue weighted by Gasteiger charge is 2.69. The van der Waals surface area contributed by atoms with E-state index in [-0.39, 0.29) is 65.0 Å².